The monoisotopic (exact) mass is 352 g/mol. The van der Waals surface area contributed by atoms with Gasteiger partial charge in [0.15, 0.2) is 0 Å². The van der Waals surface area contributed by atoms with Crippen LogP contribution in [0.15, 0.2) is 60.3 Å². The number of hydrogen-bond donors (Lipinski definition) is 1. The Morgan fingerprint density at radius 3 is 1.92 bits per heavy atom. The Balaban J connectivity index is 1.72. The average Bonchev–Trinajstić information content (AvgIpc) is 2.92. The normalized spacial score (nSPS) is 13.6. The highest BCUT2D eigenvalue weighted by atomic mass is 16.5. The van der Waals surface area contributed by atoms with Crippen LogP contribution in [0.25, 0.3) is 0 Å². The number of amides is 2. The van der Waals surface area contributed by atoms with E-state index in [1.54, 1.807) is 48.5 Å². The molecule has 2 aromatic carbocycles. The maximum Gasteiger partial charge on any atom is 0.281 e. The predicted octanol–water partition coefficient (Wildman–Crippen LogP) is 3.35. The zero-order valence-electron chi connectivity index (χ0n) is 14.7. The molecule has 6 heteroatoms. The summed E-state index contributed by atoms with van der Waals surface area (Å²) in [6, 6.07) is 14.0. The first kappa shape index (κ1) is 17.5. The van der Waals surface area contributed by atoms with Crippen LogP contribution in [0.1, 0.15) is 13.8 Å². The summed E-state index contributed by atoms with van der Waals surface area (Å²) in [5.41, 5.74) is 1.44. The summed E-state index contributed by atoms with van der Waals surface area (Å²) in [6.45, 7) is 4.94. The number of imide groups is 1. The van der Waals surface area contributed by atoms with Gasteiger partial charge in [0.1, 0.15) is 17.2 Å². The summed E-state index contributed by atoms with van der Waals surface area (Å²) < 4.78 is 10.8. The Bertz CT molecular complexity index is 826. The second kappa shape index (κ2) is 7.74. The Labute approximate surface area is 152 Å². The maximum atomic E-state index is 12.6. The van der Waals surface area contributed by atoms with Crippen LogP contribution in [0.3, 0.4) is 0 Å². The lowest BCUT2D eigenvalue weighted by atomic mass is 10.2. The van der Waals surface area contributed by atoms with Crippen LogP contribution in [-0.4, -0.2) is 25.0 Å². The number of rotatable bonds is 7. The number of nitrogens with zero attached hydrogens (tertiary/aromatic N) is 1. The summed E-state index contributed by atoms with van der Waals surface area (Å²) in [5, 5.41) is 2.99. The zero-order chi connectivity index (χ0) is 18.5. The van der Waals surface area contributed by atoms with Crippen molar-refractivity contribution in [2.45, 2.75) is 13.8 Å². The molecule has 1 N–H and O–H groups in total. The Morgan fingerprint density at radius 2 is 1.38 bits per heavy atom. The molecular weight excluding hydrogens is 332 g/mol. The molecule has 0 fully saturated rings. The van der Waals surface area contributed by atoms with Gasteiger partial charge >= 0.3 is 0 Å². The summed E-state index contributed by atoms with van der Waals surface area (Å²) in [6.07, 6.45) is 1.30. The molecular formula is C20H20N2O4. The minimum Gasteiger partial charge on any atom is -0.494 e. The van der Waals surface area contributed by atoms with Gasteiger partial charge in [0.2, 0.25) is 0 Å². The topological polar surface area (TPSA) is 67.9 Å². The fourth-order valence-electron chi connectivity index (χ4n) is 2.62. The molecule has 3 rings (SSSR count). The number of carbonyl (C=O) groups is 2. The molecule has 134 valence electrons. The average molecular weight is 352 g/mol. The van der Waals surface area contributed by atoms with Gasteiger partial charge in [-0.25, -0.2) is 4.90 Å². The van der Waals surface area contributed by atoms with Crippen molar-refractivity contribution in [1.82, 2.24) is 0 Å². The molecule has 2 aromatic rings. The van der Waals surface area contributed by atoms with E-state index in [0.717, 1.165) is 10.6 Å². The number of hydrogen-bond acceptors (Lipinski definition) is 5. The van der Waals surface area contributed by atoms with Crippen LogP contribution in [0, 0.1) is 0 Å². The molecule has 0 aliphatic carbocycles. The number of anilines is 2. The minimum atomic E-state index is -0.395. The molecule has 1 heterocycles. The van der Waals surface area contributed by atoms with E-state index in [1.807, 2.05) is 13.8 Å². The van der Waals surface area contributed by atoms with E-state index in [9.17, 15) is 9.59 Å². The smallest absolute Gasteiger partial charge is 0.281 e. The van der Waals surface area contributed by atoms with Crippen molar-refractivity contribution in [2.24, 2.45) is 0 Å². The Kier molecular flexibility index (Phi) is 5.22. The number of ether oxygens (including phenoxy) is 2. The van der Waals surface area contributed by atoms with E-state index in [2.05, 4.69) is 5.32 Å². The molecule has 0 atom stereocenters. The summed E-state index contributed by atoms with van der Waals surface area (Å²) in [5.74, 6) is 0.661. The standard InChI is InChI=1S/C20H20N2O4/c1-3-25-16-9-5-14(6-10-16)21-18-13-19(23)22(20(18)24)15-7-11-17(12-8-15)26-4-2/h5-13,21H,3-4H2,1-2H3. The van der Waals surface area contributed by atoms with Gasteiger partial charge in [-0.1, -0.05) is 0 Å². The molecule has 0 saturated heterocycles. The molecule has 6 nitrogen and oxygen atoms in total. The van der Waals surface area contributed by atoms with Gasteiger partial charge in [-0.2, -0.15) is 0 Å². The lowest BCUT2D eigenvalue weighted by Gasteiger charge is -2.16. The Morgan fingerprint density at radius 1 is 0.846 bits per heavy atom. The van der Waals surface area contributed by atoms with Crippen molar-refractivity contribution < 1.29 is 19.1 Å². The van der Waals surface area contributed by atoms with Crippen molar-refractivity contribution in [3.05, 3.63) is 60.3 Å². The third kappa shape index (κ3) is 3.69. The van der Waals surface area contributed by atoms with Gasteiger partial charge in [-0.05, 0) is 62.4 Å². The fraction of sp³-hybridized carbons (Fsp3) is 0.200. The van der Waals surface area contributed by atoms with Gasteiger partial charge in [-0.3, -0.25) is 9.59 Å². The molecule has 2 amide bonds. The predicted molar refractivity (Wildman–Crippen MR) is 99.4 cm³/mol. The highest BCUT2D eigenvalue weighted by Crippen LogP contribution is 2.26. The van der Waals surface area contributed by atoms with Crippen LogP contribution in [0.5, 0.6) is 11.5 Å². The van der Waals surface area contributed by atoms with Crippen LogP contribution in [0.2, 0.25) is 0 Å². The number of carbonyl (C=O) groups excluding carboxylic acids is 2. The number of benzene rings is 2. The first-order valence-electron chi connectivity index (χ1n) is 8.45. The highest BCUT2D eigenvalue weighted by molar-refractivity contribution is 6.31. The fourth-order valence-corrected chi connectivity index (χ4v) is 2.62. The van der Waals surface area contributed by atoms with Gasteiger partial charge < -0.3 is 14.8 Å². The van der Waals surface area contributed by atoms with E-state index >= 15 is 0 Å². The zero-order valence-corrected chi connectivity index (χ0v) is 14.7. The van der Waals surface area contributed by atoms with E-state index < -0.39 is 5.91 Å². The summed E-state index contributed by atoms with van der Waals surface area (Å²) in [7, 11) is 0. The third-order valence-corrected chi connectivity index (χ3v) is 3.77. The van der Waals surface area contributed by atoms with Crippen molar-refractivity contribution in [3.63, 3.8) is 0 Å². The second-order valence-electron chi connectivity index (χ2n) is 5.55. The van der Waals surface area contributed by atoms with Gasteiger partial charge in [0, 0.05) is 11.8 Å². The third-order valence-electron chi connectivity index (χ3n) is 3.77. The first-order chi connectivity index (χ1) is 12.6. The molecule has 0 unspecified atom stereocenters. The summed E-state index contributed by atoms with van der Waals surface area (Å²) in [4.78, 5) is 26.0. The van der Waals surface area contributed by atoms with Crippen LogP contribution >= 0.6 is 0 Å². The van der Waals surface area contributed by atoms with E-state index in [0.29, 0.717) is 30.3 Å². The molecule has 0 bridgehead atoms. The minimum absolute atomic E-state index is 0.230. The quantitative estimate of drug-likeness (QED) is 0.774. The lowest BCUT2D eigenvalue weighted by molar-refractivity contribution is -0.120. The first-order valence-corrected chi connectivity index (χ1v) is 8.45. The van der Waals surface area contributed by atoms with Crippen LogP contribution in [-0.2, 0) is 9.59 Å². The van der Waals surface area contributed by atoms with Crippen molar-refractivity contribution in [3.8, 4) is 11.5 Å². The summed E-state index contributed by atoms with van der Waals surface area (Å²) >= 11 is 0. The molecule has 0 radical (unpaired) electrons. The van der Waals surface area contributed by atoms with E-state index in [1.165, 1.54) is 6.08 Å². The molecule has 26 heavy (non-hydrogen) atoms. The maximum absolute atomic E-state index is 12.6. The van der Waals surface area contributed by atoms with Gasteiger partial charge in [-0.15, -0.1) is 0 Å². The van der Waals surface area contributed by atoms with Crippen molar-refractivity contribution >= 4 is 23.2 Å². The molecule has 1 aliphatic heterocycles. The molecule has 0 aromatic heterocycles. The Hall–Kier alpha value is -3.28. The SMILES string of the molecule is CCOc1ccc(NC2=CC(=O)N(c3ccc(OCC)cc3)C2=O)cc1. The van der Waals surface area contributed by atoms with E-state index in [4.69, 9.17) is 9.47 Å². The van der Waals surface area contributed by atoms with Crippen LogP contribution in [0.4, 0.5) is 11.4 Å². The van der Waals surface area contributed by atoms with Gasteiger partial charge in [0.05, 0.1) is 18.9 Å². The van der Waals surface area contributed by atoms with E-state index in [-0.39, 0.29) is 11.6 Å². The lowest BCUT2D eigenvalue weighted by Crippen LogP contribution is -2.31. The molecule has 0 saturated carbocycles. The number of nitrogens with one attached hydrogen (secondary N) is 1. The van der Waals surface area contributed by atoms with Crippen LogP contribution < -0.4 is 19.7 Å². The largest absolute Gasteiger partial charge is 0.494 e. The van der Waals surface area contributed by atoms with Crippen molar-refractivity contribution in [1.29, 1.82) is 0 Å². The molecule has 1 aliphatic rings. The highest BCUT2D eigenvalue weighted by Gasteiger charge is 2.32. The van der Waals surface area contributed by atoms with Gasteiger partial charge in [0.25, 0.3) is 11.8 Å². The van der Waals surface area contributed by atoms with Crippen molar-refractivity contribution in [2.75, 3.05) is 23.4 Å². The second-order valence-corrected chi connectivity index (χ2v) is 5.55. The molecule has 0 spiro atoms.